The van der Waals surface area contributed by atoms with Crippen LogP contribution in [0.4, 0.5) is 0 Å². The molecule has 0 amide bonds. The first-order valence-electron chi connectivity index (χ1n) is 1.75. The van der Waals surface area contributed by atoms with Crippen molar-refractivity contribution in [2.24, 2.45) is 0 Å². The maximum atomic E-state index is 9.66. The molecule has 0 saturated carbocycles. The molecule has 1 N–H and O–H groups in total. The van der Waals surface area contributed by atoms with Gasteiger partial charge in [0.15, 0.2) is 0 Å². The minimum atomic E-state index is -5.11. The maximum Gasteiger partial charge on any atom is 1.00 e. The first-order valence-corrected chi connectivity index (χ1v) is 5.24. The van der Waals surface area contributed by atoms with Crippen LogP contribution in [0.25, 0.3) is 0 Å². The Balaban J connectivity index is -0.000000107. The SMILES string of the molecule is O=P([O-])([O-])CP(=O)([O-])O.[K+].[K+].[K+]. The average molecular weight is 290 g/mol. The Kier molecular flexibility index (Phi) is 24.4. The summed E-state index contributed by atoms with van der Waals surface area (Å²) in [5.41, 5.74) is 0. The zero-order valence-corrected chi connectivity index (χ0v) is 18.2. The normalized spacial score (nSPS) is 14.3. The molecule has 1 unspecified atom stereocenters. The molecule has 0 spiro atoms. The predicted octanol–water partition coefficient (Wildman–Crippen LogP) is -11.6. The van der Waals surface area contributed by atoms with Crippen LogP contribution in [0.15, 0.2) is 0 Å². The monoisotopic (exact) mass is 290 g/mol. The fraction of sp³-hybridized carbons (Fsp3) is 1.00. The Labute approximate surface area is 198 Å². The van der Waals surface area contributed by atoms with Crippen molar-refractivity contribution in [2.45, 2.75) is 0 Å². The van der Waals surface area contributed by atoms with Crippen molar-refractivity contribution in [3.05, 3.63) is 0 Å². The van der Waals surface area contributed by atoms with Gasteiger partial charge in [-0.15, -0.1) is 0 Å². The van der Waals surface area contributed by atoms with Crippen LogP contribution >= 0.6 is 15.2 Å². The number of hydrogen-bond donors (Lipinski definition) is 1. The Morgan fingerprint density at radius 1 is 1.00 bits per heavy atom. The summed E-state index contributed by atoms with van der Waals surface area (Å²) in [6.07, 6.45) is 0. The molecule has 1 atom stereocenters. The van der Waals surface area contributed by atoms with E-state index in [2.05, 4.69) is 0 Å². The molecule has 0 fully saturated rings. The van der Waals surface area contributed by atoms with Gasteiger partial charge in [-0.1, -0.05) is 7.60 Å². The van der Waals surface area contributed by atoms with E-state index in [0.29, 0.717) is 0 Å². The molecule has 0 aromatic rings. The van der Waals surface area contributed by atoms with Crippen LogP contribution in [-0.2, 0) is 9.13 Å². The van der Waals surface area contributed by atoms with Gasteiger partial charge in [0.05, 0.1) is 0 Å². The summed E-state index contributed by atoms with van der Waals surface area (Å²) in [5.74, 6) is -1.71. The molecule has 0 heterocycles. The summed E-state index contributed by atoms with van der Waals surface area (Å²) < 4.78 is 19.2. The zero-order valence-electron chi connectivity index (χ0n) is 7.09. The van der Waals surface area contributed by atoms with Crippen LogP contribution in [0.2, 0.25) is 0 Å². The molecule has 0 radical (unpaired) electrons. The quantitative estimate of drug-likeness (QED) is 0.398. The summed E-state index contributed by atoms with van der Waals surface area (Å²) in [4.78, 5) is 36.6. The molecule has 0 aromatic carbocycles. The van der Waals surface area contributed by atoms with Crippen molar-refractivity contribution in [1.82, 2.24) is 0 Å². The third-order valence-electron chi connectivity index (χ3n) is 0.352. The van der Waals surface area contributed by atoms with Gasteiger partial charge in [0.1, 0.15) is 7.60 Å². The number of rotatable bonds is 2. The third-order valence-corrected chi connectivity index (χ3v) is 3.17. The zero-order chi connectivity index (χ0) is 7.71. The standard InChI is InChI=1S/CH6O6P2.3K/c2-8(3,4)1-9(5,6)7;;;/h1H2,(H2,2,3,4)(H2,5,6,7);;;/q;3*+1/p-3. The van der Waals surface area contributed by atoms with Gasteiger partial charge in [0, 0.05) is 5.90 Å². The summed E-state index contributed by atoms with van der Waals surface area (Å²) >= 11 is 0. The second-order valence-electron chi connectivity index (χ2n) is 1.39. The van der Waals surface area contributed by atoms with E-state index in [4.69, 9.17) is 4.89 Å². The van der Waals surface area contributed by atoms with E-state index in [1.54, 1.807) is 0 Å². The van der Waals surface area contributed by atoms with E-state index in [9.17, 15) is 23.8 Å². The molecule has 0 aliphatic carbocycles. The van der Waals surface area contributed by atoms with E-state index in [1.807, 2.05) is 0 Å². The second-order valence-corrected chi connectivity index (χ2v) is 5.02. The summed E-state index contributed by atoms with van der Waals surface area (Å²) in [5, 5.41) is 0. The van der Waals surface area contributed by atoms with Crippen molar-refractivity contribution >= 4 is 15.2 Å². The maximum absolute atomic E-state index is 9.66. The summed E-state index contributed by atoms with van der Waals surface area (Å²) in [6.45, 7) is 0. The van der Waals surface area contributed by atoms with Gasteiger partial charge in [0.25, 0.3) is 0 Å². The van der Waals surface area contributed by atoms with Gasteiger partial charge in [-0.2, -0.15) is 0 Å². The molecular formula is CH3K3O6P2. The first-order chi connectivity index (χ1) is 3.71. The Morgan fingerprint density at radius 3 is 1.25 bits per heavy atom. The second kappa shape index (κ2) is 11.3. The number of hydrogen-bond acceptors (Lipinski definition) is 5. The molecule has 0 aromatic heterocycles. The molecule has 0 aliphatic rings. The van der Waals surface area contributed by atoms with Gasteiger partial charge in [-0.25, -0.2) is 0 Å². The fourth-order valence-electron chi connectivity index (χ4n) is 0.219. The Morgan fingerprint density at radius 2 is 1.25 bits per heavy atom. The van der Waals surface area contributed by atoms with Crippen LogP contribution in [0.3, 0.4) is 0 Å². The van der Waals surface area contributed by atoms with Crippen molar-refractivity contribution in [1.29, 1.82) is 0 Å². The van der Waals surface area contributed by atoms with Gasteiger partial charge >= 0.3 is 154 Å². The minimum Gasteiger partial charge on any atom is -0.810 e. The largest absolute Gasteiger partial charge is 1.00 e. The average Bonchev–Trinajstić information content (AvgIpc) is 1.14. The van der Waals surface area contributed by atoms with E-state index in [-0.39, 0.29) is 154 Å². The minimum absolute atomic E-state index is 0. The van der Waals surface area contributed by atoms with E-state index >= 15 is 0 Å². The van der Waals surface area contributed by atoms with Crippen LogP contribution in [0.1, 0.15) is 0 Å². The molecule has 56 valence electrons. The van der Waals surface area contributed by atoms with Crippen molar-refractivity contribution in [3.8, 4) is 0 Å². The van der Waals surface area contributed by atoms with Crippen LogP contribution in [0.5, 0.6) is 0 Å². The first kappa shape index (κ1) is 25.9. The predicted molar refractivity (Wildman–Crippen MR) is 22.3 cm³/mol. The van der Waals surface area contributed by atoms with Crippen molar-refractivity contribution < 1.29 is 183 Å². The molecule has 0 bridgehead atoms. The molecule has 0 saturated heterocycles. The van der Waals surface area contributed by atoms with Crippen molar-refractivity contribution in [2.75, 3.05) is 5.90 Å². The molecular weight excluding hydrogens is 287 g/mol. The molecule has 0 rings (SSSR count). The Hall–Kier alpha value is 5.21. The molecule has 12 heavy (non-hydrogen) atoms. The van der Waals surface area contributed by atoms with E-state index < -0.39 is 21.1 Å². The Bertz CT molecular complexity index is 161. The molecule has 6 nitrogen and oxygen atoms in total. The molecule has 11 heteroatoms. The smallest absolute Gasteiger partial charge is 0.810 e. The third kappa shape index (κ3) is 24.4. The topological polar surface area (TPSA) is 124 Å². The van der Waals surface area contributed by atoms with Gasteiger partial charge < -0.3 is 28.7 Å². The van der Waals surface area contributed by atoms with Crippen molar-refractivity contribution in [3.63, 3.8) is 0 Å². The van der Waals surface area contributed by atoms with Crippen LogP contribution < -0.4 is 169 Å². The summed E-state index contributed by atoms with van der Waals surface area (Å²) in [6, 6.07) is 0. The van der Waals surface area contributed by atoms with E-state index in [1.165, 1.54) is 0 Å². The van der Waals surface area contributed by atoms with Gasteiger partial charge in [-0.05, 0) is 0 Å². The van der Waals surface area contributed by atoms with Gasteiger partial charge in [-0.3, -0.25) is 0 Å². The van der Waals surface area contributed by atoms with Crippen LogP contribution in [-0.4, -0.2) is 10.8 Å². The fourth-order valence-corrected chi connectivity index (χ4v) is 1.97. The molecule has 0 aliphatic heterocycles. The van der Waals surface area contributed by atoms with E-state index in [0.717, 1.165) is 0 Å². The van der Waals surface area contributed by atoms with Crippen LogP contribution in [0, 0.1) is 0 Å². The van der Waals surface area contributed by atoms with Gasteiger partial charge in [0.2, 0.25) is 0 Å². The summed E-state index contributed by atoms with van der Waals surface area (Å²) in [7, 11) is -10.0.